The zero-order chi connectivity index (χ0) is 10.2. The molecular weight excluding hydrogens is 182 g/mol. The minimum atomic E-state index is -0.115. The number of esters is 1. The molecule has 0 aromatic carbocycles. The lowest BCUT2D eigenvalue weighted by molar-refractivity contribution is -0.146. The molecule has 1 aliphatic heterocycles. The SMILES string of the molecule is CNCCCC(=O)OCC1CCCO1. The Bertz CT molecular complexity index is 167. The molecular formula is C10H19NO3. The molecule has 1 heterocycles. The minimum Gasteiger partial charge on any atom is -0.463 e. The van der Waals surface area contributed by atoms with Gasteiger partial charge >= 0.3 is 5.97 Å². The van der Waals surface area contributed by atoms with Crippen LogP contribution in [0.5, 0.6) is 0 Å². The van der Waals surface area contributed by atoms with Gasteiger partial charge < -0.3 is 14.8 Å². The molecule has 0 amide bonds. The molecule has 0 aromatic rings. The maximum Gasteiger partial charge on any atom is 0.305 e. The fourth-order valence-corrected chi connectivity index (χ4v) is 1.44. The third-order valence-corrected chi connectivity index (χ3v) is 2.26. The summed E-state index contributed by atoms with van der Waals surface area (Å²) in [5, 5.41) is 2.99. The Morgan fingerprint density at radius 3 is 3.14 bits per heavy atom. The lowest BCUT2D eigenvalue weighted by atomic mass is 10.2. The van der Waals surface area contributed by atoms with Crippen molar-refractivity contribution in [2.24, 2.45) is 0 Å². The minimum absolute atomic E-state index is 0.115. The number of carbonyl (C=O) groups is 1. The van der Waals surface area contributed by atoms with E-state index in [1.807, 2.05) is 7.05 Å². The van der Waals surface area contributed by atoms with Gasteiger partial charge in [-0.2, -0.15) is 0 Å². The first-order chi connectivity index (χ1) is 6.83. The zero-order valence-corrected chi connectivity index (χ0v) is 8.75. The monoisotopic (exact) mass is 201 g/mol. The predicted molar refractivity (Wildman–Crippen MR) is 53.1 cm³/mol. The molecule has 0 saturated carbocycles. The van der Waals surface area contributed by atoms with Gasteiger partial charge in [0.05, 0.1) is 6.10 Å². The lowest BCUT2D eigenvalue weighted by Gasteiger charge is -2.09. The van der Waals surface area contributed by atoms with Crippen LogP contribution in [0.2, 0.25) is 0 Å². The molecule has 1 unspecified atom stereocenters. The molecule has 82 valence electrons. The molecule has 0 aromatic heterocycles. The van der Waals surface area contributed by atoms with E-state index >= 15 is 0 Å². The molecule has 4 nitrogen and oxygen atoms in total. The van der Waals surface area contributed by atoms with Gasteiger partial charge in [-0.15, -0.1) is 0 Å². The van der Waals surface area contributed by atoms with Gasteiger partial charge in [-0.05, 0) is 32.9 Å². The fourth-order valence-electron chi connectivity index (χ4n) is 1.44. The van der Waals surface area contributed by atoms with E-state index < -0.39 is 0 Å². The number of carbonyl (C=O) groups excluding carboxylic acids is 1. The van der Waals surface area contributed by atoms with E-state index in [0.29, 0.717) is 13.0 Å². The van der Waals surface area contributed by atoms with Crippen molar-refractivity contribution in [3.63, 3.8) is 0 Å². The standard InChI is InChI=1S/C10H19NO3/c1-11-6-2-5-10(12)14-8-9-4-3-7-13-9/h9,11H,2-8H2,1H3. The summed E-state index contributed by atoms with van der Waals surface area (Å²) in [7, 11) is 1.87. The van der Waals surface area contributed by atoms with Gasteiger partial charge in [0.1, 0.15) is 6.61 Å². The summed E-state index contributed by atoms with van der Waals surface area (Å²) >= 11 is 0. The van der Waals surface area contributed by atoms with Crippen molar-refractivity contribution in [2.45, 2.75) is 31.8 Å². The summed E-state index contributed by atoms with van der Waals surface area (Å²) in [6.45, 7) is 2.09. The second-order valence-electron chi connectivity index (χ2n) is 3.53. The first-order valence-electron chi connectivity index (χ1n) is 5.24. The molecule has 1 fully saturated rings. The van der Waals surface area contributed by atoms with E-state index in [2.05, 4.69) is 5.32 Å². The van der Waals surface area contributed by atoms with Crippen LogP contribution in [0.3, 0.4) is 0 Å². The Morgan fingerprint density at radius 1 is 1.64 bits per heavy atom. The maximum absolute atomic E-state index is 11.2. The molecule has 0 aliphatic carbocycles. The third kappa shape index (κ3) is 4.58. The van der Waals surface area contributed by atoms with Gasteiger partial charge in [0.2, 0.25) is 0 Å². The highest BCUT2D eigenvalue weighted by molar-refractivity contribution is 5.69. The van der Waals surface area contributed by atoms with Crippen LogP contribution in [-0.2, 0) is 14.3 Å². The molecule has 4 heteroatoms. The van der Waals surface area contributed by atoms with E-state index in [-0.39, 0.29) is 12.1 Å². The second-order valence-corrected chi connectivity index (χ2v) is 3.53. The number of hydrogen-bond donors (Lipinski definition) is 1. The Hall–Kier alpha value is -0.610. The Kier molecular flexibility index (Phi) is 5.56. The van der Waals surface area contributed by atoms with Crippen LogP contribution in [-0.4, -0.2) is 38.9 Å². The fraction of sp³-hybridized carbons (Fsp3) is 0.900. The van der Waals surface area contributed by atoms with Crippen molar-refractivity contribution in [3.8, 4) is 0 Å². The highest BCUT2D eigenvalue weighted by Gasteiger charge is 2.17. The van der Waals surface area contributed by atoms with Crippen LogP contribution in [0.4, 0.5) is 0 Å². The zero-order valence-electron chi connectivity index (χ0n) is 8.75. The summed E-state index contributed by atoms with van der Waals surface area (Å²) in [6.07, 6.45) is 3.57. The molecule has 0 bridgehead atoms. The highest BCUT2D eigenvalue weighted by Crippen LogP contribution is 2.12. The molecule has 1 rings (SSSR count). The van der Waals surface area contributed by atoms with Crippen LogP contribution in [0.15, 0.2) is 0 Å². The summed E-state index contributed by atoms with van der Waals surface area (Å²) in [5.41, 5.74) is 0. The van der Waals surface area contributed by atoms with Crippen molar-refractivity contribution in [1.29, 1.82) is 0 Å². The first-order valence-corrected chi connectivity index (χ1v) is 5.24. The van der Waals surface area contributed by atoms with Crippen LogP contribution in [0.25, 0.3) is 0 Å². The smallest absolute Gasteiger partial charge is 0.305 e. The van der Waals surface area contributed by atoms with Gasteiger partial charge in [0.15, 0.2) is 0 Å². The average molecular weight is 201 g/mol. The van der Waals surface area contributed by atoms with E-state index in [4.69, 9.17) is 9.47 Å². The largest absolute Gasteiger partial charge is 0.463 e. The molecule has 14 heavy (non-hydrogen) atoms. The summed E-state index contributed by atoms with van der Waals surface area (Å²) < 4.78 is 10.4. The molecule has 1 aliphatic rings. The van der Waals surface area contributed by atoms with Gasteiger partial charge in [-0.3, -0.25) is 4.79 Å². The Morgan fingerprint density at radius 2 is 2.50 bits per heavy atom. The molecule has 1 atom stereocenters. The number of rotatable bonds is 6. The van der Waals surface area contributed by atoms with Crippen LogP contribution < -0.4 is 5.32 Å². The average Bonchev–Trinajstić information content (AvgIpc) is 2.68. The lowest BCUT2D eigenvalue weighted by Crippen LogP contribution is -2.18. The van der Waals surface area contributed by atoms with Gasteiger partial charge in [-0.25, -0.2) is 0 Å². The van der Waals surface area contributed by atoms with Crippen LogP contribution >= 0.6 is 0 Å². The molecule has 0 radical (unpaired) electrons. The highest BCUT2D eigenvalue weighted by atomic mass is 16.6. The molecule has 0 spiro atoms. The van der Waals surface area contributed by atoms with Crippen molar-refractivity contribution in [3.05, 3.63) is 0 Å². The number of hydrogen-bond acceptors (Lipinski definition) is 4. The summed E-state index contributed by atoms with van der Waals surface area (Å²) in [5.74, 6) is -0.115. The maximum atomic E-state index is 11.2. The third-order valence-electron chi connectivity index (χ3n) is 2.26. The quantitative estimate of drug-likeness (QED) is 0.508. The van der Waals surface area contributed by atoms with E-state index in [0.717, 1.165) is 32.4 Å². The second kappa shape index (κ2) is 6.79. The van der Waals surface area contributed by atoms with E-state index in [9.17, 15) is 4.79 Å². The van der Waals surface area contributed by atoms with E-state index in [1.165, 1.54) is 0 Å². The van der Waals surface area contributed by atoms with Crippen LogP contribution in [0.1, 0.15) is 25.7 Å². The van der Waals surface area contributed by atoms with Gasteiger partial charge in [0.25, 0.3) is 0 Å². The summed E-state index contributed by atoms with van der Waals surface area (Å²) in [6, 6.07) is 0. The molecule has 1 N–H and O–H groups in total. The normalized spacial score (nSPS) is 21.1. The van der Waals surface area contributed by atoms with Crippen molar-refractivity contribution in [2.75, 3.05) is 26.8 Å². The summed E-state index contributed by atoms with van der Waals surface area (Å²) in [4.78, 5) is 11.2. The Balaban J connectivity index is 1.96. The molecule has 1 saturated heterocycles. The first kappa shape index (κ1) is 11.5. The predicted octanol–water partition coefficient (Wildman–Crippen LogP) is 0.708. The Labute approximate surface area is 85.0 Å². The van der Waals surface area contributed by atoms with Crippen molar-refractivity contribution < 1.29 is 14.3 Å². The number of ether oxygens (including phenoxy) is 2. The van der Waals surface area contributed by atoms with Gasteiger partial charge in [0, 0.05) is 13.0 Å². The van der Waals surface area contributed by atoms with Gasteiger partial charge in [-0.1, -0.05) is 0 Å². The van der Waals surface area contributed by atoms with Crippen molar-refractivity contribution >= 4 is 5.97 Å². The topological polar surface area (TPSA) is 47.6 Å². The van der Waals surface area contributed by atoms with E-state index in [1.54, 1.807) is 0 Å². The van der Waals surface area contributed by atoms with Crippen molar-refractivity contribution in [1.82, 2.24) is 5.32 Å². The van der Waals surface area contributed by atoms with Crippen LogP contribution in [0, 0.1) is 0 Å². The number of nitrogens with one attached hydrogen (secondary N) is 1.